The normalized spacial score (nSPS) is 11.8. The van der Waals surface area contributed by atoms with E-state index in [0.29, 0.717) is 23.3 Å². The van der Waals surface area contributed by atoms with E-state index in [1.54, 1.807) is 27.7 Å². The molecule has 2 aromatic rings. The number of esters is 1. The minimum absolute atomic E-state index is 0.132. The molecule has 0 aliphatic carbocycles. The van der Waals surface area contributed by atoms with Gasteiger partial charge in [-0.2, -0.15) is 5.10 Å². The van der Waals surface area contributed by atoms with Crippen LogP contribution in [0.15, 0.2) is 4.42 Å². The highest BCUT2D eigenvalue weighted by molar-refractivity contribution is 7.53. The van der Waals surface area contributed by atoms with Gasteiger partial charge in [0.1, 0.15) is 23.2 Å². The van der Waals surface area contributed by atoms with Gasteiger partial charge in [0.05, 0.1) is 25.5 Å². The monoisotopic (exact) mass is 412 g/mol. The second-order valence-electron chi connectivity index (χ2n) is 6.35. The highest BCUT2D eigenvalue weighted by Gasteiger charge is 2.33. The molecule has 0 aliphatic heterocycles. The SMILES string of the molecule is CCOC(=O)c1c(CP(=O)(OCC)OCC)oc(C)c1Cc1c(C)n[nH]c1C. The van der Waals surface area contributed by atoms with Crippen LogP contribution in [0.5, 0.6) is 0 Å². The van der Waals surface area contributed by atoms with Crippen molar-refractivity contribution in [3.8, 4) is 0 Å². The maximum Gasteiger partial charge on any atom is 0.342 e. The fraction of sp³-hybridized carbons (Fsp3) is 0.579. The molecule has 0 saturated heterocycles. The van der Waals surface area contributed by atoms with Crippen molar-refractivity contribution >= 4 is 13.6 Å². The Labute approximate surface area is 165 Å². The summed E-state index contributed by atoms with van der Waals surface area (Å²) in [5.41, 5.74) is 3.74. The van der Waals surface area contributed by atoms with Gasteiger partial charge in [0.2, 0.25) is 0 Å². The summed E-state index contributed by atoms with van der Waals surface area (Å²) in [6.45, 7) is 11.5. The molecule has 0 atom stereocenters. The fourth-order valence-electron chi connectivity index (χ4n) is 3.12. The van der Waals surface area contributed by atoms with Gasteiger partial charge in [0.25, 0.3) is 0 Å². The number of ether oxygens (including phenoxy) is 1. The van der Waals surface area contributed by atoms with Crippen LogP contribution in [0.25, 0.3) is 0 Å². The number of H-pyrrole nitrogens is 1. The van der Waals surface area contributed by atoms with Gasteiger partial charge in [-0.15, -0.1) is 0 Å². The number of hydrogen-bond acceptors (Lipinski definition) is 7. The van der Waals surface area contributed by atoms with Gasteiger partial charge >= 0.3 is 13.6 Å². The summed E-state index contributed by atoms with van der Waals surface area (Å²) in [5.74, 6) is 0.315. The third-order valence-electron chi connectivity index (χ3n) is 4.38. The molecule has 0 bridgehead atoms. The lowest BCUT2D eigenvalue weighted by Gasteiger charge is -2.16. The lowest BCUT2D eigenvalue weighted by Crippen LogP contribution is -2.11. The van der Waals surface area contributed by atoms with Crippen molar-refractivity contribution < 1.29 is 27.6 Å². The van der Waals surface area contributed by atoms with Crippen molar-refractivity contribution in [2.45, 2.75) is 54.1 Å². The van der Waals surface area contributed by atoms with Crippen LogP contribution in [-0.2, 0) is 30.9 Å². The van der Waals surface area contributed by atoms with Gasteiger partial charge in [-0.05, 0) is 41.5 Å². The van der Waals surface area contributed by atoms with Crippen LogP contribution < -0.4 is 0 Å². The quantitative estimate of drug-likeness (QED) is 0.454. The molecule has 0 aromatic carbocycles. The van der Waals surface area contributed by atoms with E-state index < -0.39 is 13.6 Å². The first-order valence-corrected chi connectivity index (χ1v) is 11.2. The van der Waals surface area contributed by atoms with E-state index in [-0.39, 0.29) is 31.7 Å². The first kappa shape index (κ1) is 22.4. The van der Waals surface area contributed by atoms with Crippen molar-refractivity contribution in [1.29, 1.82) is 0 Å². The van der Waals surface area contributed by atoms with Crippen LogP contribution in [0.2, 0.25) is 0 Å². The Kier molecular flexibility index (Phi) is 7.63. The number of nitrogens with one attached hydrogen (secondary N) is 1. The van der Waals surface area contributed by atoms with Gasteiger partial charge in [0.15, 0.2) is 0 Å². The third-order valence-corrected chi connectivity index (χ3v) is 6.36. The summed E-state index contributed by atoms with van der Waals surface area (Å²) in [5, 5.41) is 7.16. The van der Waals surface area contributed by atoms with Crippen LogP contribution in [0, 0.1) is 20.8 Å². The molecule has 156 valence electrons. The molecule has 0 unspecified atom stereocenters. The number of aromatic amines is 1. The minimum atomic E-state index is -3.44. The van der Waals surface area contributed by atoms with E-state index >= 15 is 0 Å². The predicted octanol–water partition coefficient (Wildman–Crippen LogP) is 4.46. The Morgan fingerprint density at radius 3 is 2.21 bits per heavy atom. The highest BCUT2D eigenvalue weighted by atomic mass is 31.2. The maximum atomic E-state index is 13.0. The van der Waals surface area contributed by atoms with Crippen LogP contribution in [0.1, 0.15) is 65.2 Å². The largest absolute Gasteiger partial charge is 0.464 e. The van der Waals surface area contributed by atoms with E-state index in [0.717, 1.165) is 17.0 Å². The first-order chi connectivity index (χ1) is 13.3. The van der Waals surface area contributed by atoms with Crippen molar-refractivity contribution in [2.24, 2.45) is 0 Å². The lowest BCUT2D eigenvalue weighted by molar-refractivity contribution is 0.0523. The van der Waals surface area contributed by atoms with E-state index in [2.05, 4.69) is 10.2 Å². The number of rotatable bonds is 10. The molecule has 0 fully saturated rings. The van der Waals surface area contributed by atoms with Crippen molar-refractivity contribution in [1.82, 2.24) is 10.2 Å². The molecular weight excluding hydrogens is 383 g/mol. The average molecular weight is 412 g/mol. The van der Waals surface area contributed by atoms with Gasteiger partial charge in [-0.25, -0.2) is 4.79 Å². The van der Waals surface area contributed by atoms with Crippen LogP contribution in [0.3, 0.4) is 0 Å². The van der Waals surface area contributed by atoms with Crippen molar-refractivity contribution in [2.75, 3.05) is 19.8 Å². The fourth-order valence-corrected chi connectivity index (χ4v) is 4.73. The van der Waals surface area contributed by atoms with Gasteiger partial charge < -0.3 is 18.2 Å². The number of aromatic nitrogens is 2. The molecule has 0 aliphatic rings. The Bertz CT molecular complexity index is 841. The number of hydrogen-bond donors (Lipinski definition) is 1. The van der Waals surface area contributed by atoms with Gasteiger partial charge in [-0.1, -0.05) is 0 Å². The molecule has 2 aromatic heterocycles. The lowest BCUT2D eigenvalue weighted by atomic mass is 9.99. The molecule has 0 amide bonds. The van der Waals surface area contributed by atoms with Gasteiger partial charge in [-0.3, -0.25) is 9.66 Å². The molecule has 2 rings (SSSR count). The summed E-state index contributed by atoms with van der Waals surface area (Å²) in [4.78, 5) is 12.7. The van der Waals surface area contributed by atoms with Crippen LogP contribution in [0.4, 0.5) is 0 Å². The Balaban J connectivity index is 2.51. The first-order valence-electron chi connectivity index (χ1n) is 9.43. The summed E-state index contributed by atoms with van der Waals surface area (Å²) in [7, 11) is -3.44. The molecule has 0 saturated carbocycles. The van der Waals surface area contributed by atoms with Crippen LogP contribution >= 0.6 is 7.60 Å². The molecule has 0 radical (unpaired) electrons. The van der Waals surface area contributed by atoms with Crippen molar-refractivity contribution in [3.05, 3.63) is 39.6 Å². The number of nitrogens with zero attached hydrogens (tertiary/aromatic N) is 1. The molecule has 0 spiro atoms. The summed E-state index contributed by atoms with van der Waals surface area (Å²) >= 11 is 0. The summed E-state index contributed by atoms with van der Waals surface area (Å²) in [6, 6.07) is 0. The number of aryl methyl sites for hydroxylation is 3. The second kappa shape index (κ2) is 9.54. The number of carbonyl (C=O) groups excluding carboxylic acids is 1. The highest BCUT2D eigenvalue weighted by Crippen LogP contribution is 2.52. The molecular formula is C19H29N2O6P. The summed E-state index contributed by atoms with van der Waals surface area (Å²) in [6.07, 6.45) is 0.318. The molecule has 28 heavy (non-hydrogen) atoms. The average Bonchev–Trinajstić information content (AvgIpc) is 3.09. The molecule has 8 nitrogen and oxygen atoms in total. The van der Waals surface area contributed by atoms with E-state index in [4.69, 9.17) is 18.2 Å². The zero-order chi connectivity index (χ0) is 20.9. The zero-order valence-electron chi connectivity index (χ0n) is 17.4. The maximum absolute atomic E-state index is 13.0. The molecule has 2 heterocycles. The number of furan rings is 1. The summed E-state index contributed by atoms with van der Waals surface area (Å²) < 4.78 is 34.8. The number of carbonyl (C=O) groups is 1. The minimum Gasteiger partial charge on any atom is -0.464 e. The van der Waals surface area contributed by atoms with E-state index in [1.807, 2.05) is 13.8 Å². The Morgan fingerprint density at radius 2 is 1.71 bits per heavy atom. The third kappa shape index (κ3) is 4.93. The predicted molar refractivity (Wildman–Crippen MR) is 105 cm³/mol. The second-order valence-corrected chi connectivity index (χ2v) is 8.40. The Hall–Kier alpha value is -1.89. The van der Waals surface area contributed by atoms with Gasteiger partial charge in [0, 0.05) is 23.2 Å². The van der Waals surface area contributed by atoms with Crippen molar-refractivity contribution in [3.63, 3.8) is 0 Å². The zero-order valence-corrected chi connectivity index (χ0v) is 18.3. The Morgan fingerprint density at radius 1 is 1.07 bits per heavy atom. The van der Waals surface area contributed by atoms with Crippen LogP contribution in [-0.4, -0.2) is 36.0 Å². The van der Waals surface area contributed by atoms with E-state index in [9.17, 15) is 9.36 Å². The molecule has 9 heteroatoms. The molecule has 1 N–H and O–H groups in total. The topological polar surface area (TPSA) is 104 Å². The standard InChI is InChI=1S/C19H29N2O6P/c1-7-24-19(22)18-16(10-15-12(4)20-21-13(15)5)14(6)27-17(18)11-28(23,25-8-2)26-9-3/h7-11H2,1-6H3,(H,20,21). The smallest absolute Gasteiger partial charge is 0.342 e. The van der Waals surface area contributed by atoms with E-state index in [1.165, 1.54) is 0 Å².